The van der Waals surface area contributed by atoms with Gasteiger partial charge in [-0.3, -0.25) is 4.79 Å². The number of carboxylic acids is 1. The van der Waals surface area contributed by atoms with Gasteiger partial charge in [-0.1, -0.05) is 48.4 Å². The molecule has 0 radical (unpaired) electrons. The van der Waals surface area contributed by atoms with Crippen LogP contribution in [-0.4, -0.2) is 11.1 Å². The number of carboxylic acid groups (broad SMARTS) is 1. The van der Waals surface area contributed by atoms with Crippen LogP contribution < -0.4 is 0 Å². The van der Waals surface area contributed by atoms with Crippen LogP contribution in [0.4, 0.5) is 0 Å². The molecule has 2 nitrogen and oxygen atoms in total. The molecule has 19 heavy (non-hydrogen) atoms. The highest BCUT2D eigenvalue weighted by atomic mass is 16.4. The summed E-state index contributed by atoms with van der Waals surface area (Å²) in [5.41, 5.74) is 1.23. The van der Waals surface area contributed by atoms with Crippen molar-refractivity contribution in [1.82, 2.24) is 0 Å². The molecule has 2 aromatic rings. The predicted molar refractivity (Wildman–Crippen MR) is 76.9 cm³/mol. The van der Waals surface area contributed by atoms with Crippen molar-refractivity contribution in [3.63, 3.8) is 0 Å². The molecule has 0 spiro atoms. The zero-order chi connectivity index (χ0) is 13.5. The van der Waals surface area contributed by atoms with E-state index < -0.39 is 5.97 Å². The minimum absolute atomic E-state index is 0.197. The number of benzene rings is 2. The summed E-state index contributed by atoms with van der Waals surface area (Å²) in [4.78, 5) is 10.4. The molecule has 0 bridgehead atoms. The van der Waals surface area contributed by atoms with Crippen LogP contribution in [0.2, 0.25) is 0 Å². The van der Waals surface area contributed by atoms with E-state index >= 15 is 0 Å². The van der Waals surface area contributed by atoms with E-state index in [1.54, 1.807) is 0 Å². The Balaban J connectivity index is 1.98. The van der Waals surface area contributed by atoms with Crippen LogP contribution in [0.1, 0.15) is 24.8 Å². The molecule has 0 saturated heterocycles. The van der Waals surface area contributed by atoms with E-state index in [0.717, 1.165) is 0 Å². The van der Waals surface area contributed by atoms with Crippen molar-refractivity contribution in [3.05, 3.63) is 48.0 Å². The number of fused-ring (bicyclic) bond motifs is 1. The molecular weight excluding hydrogens is 236 g/mol. The van der Waals surface area contributed by atoms with Crippen LogP contribution in [0.15, 0.2) is 42.5 Å². The summed E-state index contributed by atoms with van der Waals surface area (Å²) >= 11 is 0. The van der Waals surface area contributed by atoms with Crippen molar-refractivity contribution in [2.45, 2.75) is 25.7 Å². The summed E-state index contributed by atoms with van der Waals surface area (Å²) in [6.07, 6.45) is 2.19. The van der Waals surface area contributed by atoms with Crippen LogP contribution in [0.3, 0.4) is 0 Å². The maximum atomic E-state index is 10.4. The highest BCUT2D eigenvalue weighted by Gasteiger charge is 1.97. The first-order valence-electron chi connectivity index (χ1n) is 6.41. The van der Waals surface area contributed by atoms with Crippen LogP contribution in [0, 0.1) is 11.8 Å². The number of hydrogen-bond acceptors (Lipinski definition) is 1. The Hall–Kier alpha value is -2.27. The molecule has 2 aromatic carbocycles. The second-order valence-electron chi connectivity index (χ2n) is 4.42. The Kier molecular flexibility index (Phi) is 4.58. The lowest BCUT2D eigenvalue weighted by Gasteiger charge is -2.02. The molecule has 0 aliphatic rings. The maximum Gasteiger partial charge on any atom is 0.303 e. The number of aliphatic carboxylic acids is 1. The van der Waals surface area contributed by atoms with Gasteiger partial charge in [-0.25, -0.2) is 0 Å². The van der Waals surface area contributed by atoms with Gasteiger partial charge in [0.15, 0.2) is 0 Å². The molecule has 0 aromatic heterocycles. The number of hydrogen-bond donors (Lipinski definition) is 1. The topological polar surface area (TPSA) is 37.3 Å². The average Bonchev–Trinajstić information content (AvgIpc) is 2.42. The van der Waals surface area contributed by atoms with Crippen LogP contribution >= 0.6 is 0 Å². The van der Waals surface area contributed by atoms with E-state index in [1.165, 1.54) is 16.3 Å². The quantitative estimate of drug-likeness (QED) is 0.666. The summed E-state index contributed by atoms with van der Waals surface area (Å²) in [5, 5.41) is 11.0. The maximum absolute atomic E-state index is 10.4. The molecule has 1 N–H and O–H groups in total. The standard InChI is InChI=1S/C17H16O2/c18-17(19)13-4-2-1-3-8-14-10-7-11-15-9-5-6-12-16(14)15/h5-7,9-12H,2,4,8,13H2,(H,18,19). The van der Waals surface area contributed by atoms with E-state index in [0.29, 0.717) is 19.3 Å². The van der Waals surface area contributed by atoms with Gasteiger partial charge in [-0.15, -0.1) is 5.92 Å². The third-order valence-electron chi connectivity index (χ3n) is 2.98. The highest BCUT2D eigenvalue weighted by Crippen LogP contribution is 2.18. The van der Waals surface area contributed by atoms with Gasteiger partial charge in [0.2, 0.25) is 0 Å². The SMILES string of the molecule is O=C(O)CCCC#CCc1cccc2ccccc12. The van der Waals surface area contributed by atoms with Gasteiger partial charge in [-0.2, -0.15) is 0 Å². The van der Waals surface area contributed by atoms with Crippen molar-refractivity contribution < 1.29 is 9.90 Å². The fourth-order valence-electron chi connectivity index (χ4n) is 2.02. The molecule has 0 fully saturated rings. The third-order valence-corrected chi connectivity index (χ3v) is 2.98. The molecule has 0 aliphatic heterocycles. The summed E-state index contributed by atoms with van der Waals surface area (Å²) in [7, 11) is 0. The Labute approximate surface area is 113 Å². The zero-order valence-electron chi connectivity index (χ0n) is 10.7. The molecule has 2 rings (SSSR count). The van der Waals surface area contributed by atoms with Gasteiger partial charge < -0.3 is 5.11 Å². The molecular formula is C17H16O2. The van der Waals surface area contributed by atoms with Crippen molar-refractivity contribution >= 4 is 16.7 Å². The fourth-order valence-corrected chi connectivity index (χ4v) is 2.02. The van der Waals surface area contributed by atoms with Gasteiger partial charge in [-0.05, 0) is 22.8 Å². The van der Waals surface area contributed by atoms with E-state index in [4.69, 9.17) is 5.11 Å². The second-order valence-corrected chi connectivity index (χ2v) is 4.42. The van der Waals surface area contributed by atoms with Crippen molar-refractivity contribution in [3.8, 4) is 11.8 Å². The van der Waals surface area contributed by atoms with Gasteiger partial charge in [0.25, 0.3) is 0 Å². The van der Waals surface area contributed by atoms with Gasteiger partial charge in [0, 0.05) is 19.3 Å². The Bertz CT molecular complexity index is 627. The van der Waals surface area contributed by atoms with E-state index in [1.807, 2.05) is 18.2 Å². The minimum atomic E-state index is -0.754. The van der Waals surface area contributed by atoms with Crippen molar-refractivity contribution in [2.75, 3.05) is 0 Å². The number of carbonyl (C=O) groups is 1. The number of rotatable bonds is 4. The van der Waals surface area contributed by atoms with Crippen LogP contribution in [0.5, 0.6) is 0 Å². The molecule has 0 saturated carbocycles. The first kappa shape index (κ1) is 13.2. The summed E-state index contributed by atoms with van der Waals surface area (Å²) in [6, 6.07) is 14.5. The zero-order valence-corrected chi connectivity index (χ0v) is 10.7. The van der Waals surface area contributed by atoms with E-state index in [2.05, 4.69) is 36.1 Å². The third kappa shape index (κ3) is 3.86. The predicted octanol–water partition coefficient (Wildman–Crippen LogP) is 3.64. The molecule has 0 heterocycles. The van der Waals surface area contributed by atoms with Crippen molar-refractivity contribution in [1.29, 1.82) is 0 Å². The lowest BCUT2D eigenvalue weighted by atomic mass is 10.0. The van der Waals surface area contributed by atoms with Gasteiger partial charge in [0.05, 0.1) is 0 Å². The molecule has 0 amide bonds. The summed E-state index contributed by atoms with van der Waals surface area (Å²) < 4.78 is 0. The molecule has 0 atom stereocenters. The van der Waals surface area contributed by atoms with Crippen LogP contribution in [-0.2, 0) is 11.2 Å². The van der Waals surface area contributed by atoms with Crippen molar-refractivity contribution in [2.24, 2.45) is 0 Å². The minimum Gasteiger partial charge on any atom is -0.481 e. The molecule has 0 unspecified atom stereocenters. The van der Waals surface area contributed by atoms with E-state index in [9.17, 15) is 4.79 Å². The molecule has 0 aliphatic carbocycles. The average molecular weight is 252 g/mol. The van der Waals surface area contributed by atoms with Gasteiger partial charge >= 0.3 is 5.97 Å². The first-order chi connectivity index (χ1) is 9.27. The Morgan fingerprint density at radius 2 is 1.84 bits per heavy atom. The largest absolute Gasteiger partial charge is 0.481 e. The fraction of sp³-hybridized carbons (Fsp3) is 0.235. The molecule has 2 heteroatoms. The highest BCUT2D eigenvalue weighted by molar-refractivity contribution is 5.85. The monoisotopic (exact) mass is 252 g/mol. The van der Waals surface area contributed by atoms with E-state index in [-0.39, 0.29) is 6.42 Å². The normalized spacial score (nSPS) is 9.89. The second kappa shape index (κ2) is 6.61. The number of unbranched alkanes of at least 4 members (excludes halogenated alkanes) is 1. The smallest absolute Gasteiger partial charge is 0.303 e. The van der Waals surface area contributed by atoms with Crippen LogP contribution in [0.25, 0.3) is 10.8 Å². The lowest BCUT2D eigenvalue weighted by Crippen LogP contribution is -1.92. The first-order valence-corrected chi connectivity index (χ1v) is 6.41. The Morgan fingerprint density at radius 3 is 2.68 bits per heavy atom. The summed E-state index contributed by atoms with van der Waals surface area (Å²) in [5.74, 6) is 5.41. The molecule has 96 valence electrons. The summed E-state index contributed by atoms with van der Waals surface area (Å²) in [6.45, 7) is 0. The Morgan fingerprint density at radius 1 is 1.05 bits per heavy atom. The van der Waals surface area contributed by atoms with Gasteiger partial charge in [0.1, 0.15) is 0 Å². The lowest BCUT2D eigenvalue weighted by molar-refractivity contribution is -0.137.